The van der Waals surface area contributed by atoms with Crippen molar-refractivity contribution < 1.29 is 13.2 Å². The number of nitrogens with one attached hydrogen (secondary N) is 1. The van der Waals surface area contributed by atoms with E-state index in [1.165, 1.54) is 24.3 Å². The molecule has 0 aliphatic rings. The van der Waals surface area contributed by atoms with Crippen LogP contribution in [0.25, 0.3) is 0 Å². The van der Waals surface area contributed by atoms with Gasteiger partial charge in [-0.2, -0.15) is 18.4 Å². The first-order valence-corrected chi connectivity index (χ1v) is 6.05. The van der Waals surface area contributed by atoms with Crippen molar-refractivity contribution in [2.24, 2.45) is 0 Å². The lowest BCUT2D eigenvalue weighted by Gasteiger charge is -2.13. The standard InChI is InChI=1S/C14H11F3N4/c1-9-6-11(7-18)21-13(20-9)19-8-10-4-2-3-5-12(10)14(15,16)17/h2-6H,8H2,1H3,(H,19,20,21). The number of benzene rings is 1. The normalized spacial score (nSPS) is 11.0. The van der Waals surface area contributed by atoms with Crippen molar-refractivity contribution in [3.8, 4) is 6.07 Å². The lowest BCUT2D eigenvalue weighted by atomic mass is 10.1. The van der Waals surface area contributed by atoms with Crippen LogP contribution in [0.4, 0.5) is 19.1 Å². The molecule has 4 nitrogen and oxygen atoms in total. The Labute approximate surface area is 119 Å². The van der Waals surface area contributed by atoms with Crippen LogP contribution in [-0.4, -0.2) is 9.97 Å². The fourth-order valence-corrected chi connectivity index (χ4v) is 1.83. The second-order valence-corrected chi connectivity index (χ2v) is 4.34. The molecule has 7 heteroatoms. The molecule has 0 saturated heterocycles. The third-order valence-electron chi connectivity index (χ3n) is 2.73. The summed E-state index contributed by atoms with van der Waals surface area (Å²) < 4.78 is 38.6. The number of hydrogen-bond donors (Lipinski definition) is 1. The van der Waals surface area contributed by atoms with Crippen molar-refractivity contribution >= 4 is 5.95 Å². The molecule has 0 bridgehead atoms. The topological polar surface area (TPSA) is 61.6 Å². The number of aromatic nitrogens is 2. The first-order valence-electron chi connectivity index (χ1n) is 6.05. The second-order valence-electron chi connectivity index (χ2n) is 4.34. The molecule has 2 aromatic rings. The molecule has 0 radical (unpaired) electrons. The average Bonchev–Trinajstić information content (AvgIpc) is 2.44. The van der Waals surface area contributed by atoms with E-state index in [2.05, 4.69) is 15.3 Å². The van der Waals surface area contributed by atoms with Gasteiger partial charge in [0, 0.05) is 12.2 Å². The molecule has 1 N–H and O–H groups in total. The Balaban J connectivity index is 2.22. The van der Waals surface area contributed by atoms with E-state index in [1.807, 2.05) is 6.07 Å². The van der Waals surface area contributed by atoms with Crippen LogP contribution in [0.3, 0.4) is 0 Å². The van der Waals surface area contributed by atoms with Gasteiger partial charge in [-0.3, -0.25) is 0 Å². The molecule has 0 aliphatic heterocycles. The molecule has 0 unspecified atom stereocenters. The van der Waals surface area contributed by atoms with E-state index in [0.717, 1.165) is 6.07 Å². The van der Waals surface area contributed by atoms with Gasteiger partial charge in [0.25, 0.3) is 0 Å². The predicted octanol–water partition coefficient (Wildman–Crippen LogP) is 3.29. The van der Waals surface area contributed by atoms with E-state index in [0.29, 0.717) is 5.69 Å². The number of hydrogen-bond acceptors (Lipinski definition) is 4. The highest BCUT2D eigenvalue weighted by Crippen LogP contribution is 2.31. The summed E-state index contributed by atoms with van der Waals surface area (Å²) in [5.74, 6) is 0.128. The van der Waals surface area contributed by atoms with Crippen molar-refractivity contribution in [3.63, 3.8) is 0 Å². The number of aryl methyl sites for hydroxylation is 1. The minimum atomic E-state index is -4.41. The van der Waals surface area contributed by atoms with Crippen LogP contribution in [0.2, 0.25) is 0 Å². The zero-order valence-corrected chi connectivity index (χ0v) is 11.1. The van der Waals surface area contributed by atoms with Gasteiger partial charge in [0.15, 0.2) is 0 Å². The second kappa shape index (κ2) is 5.79. The van der Waals surface area contributed by atoms with Crippen molar-refractivity contribution in [2.45, 2.75) is 19.6 Å². The first-order chi connectivity index (χ1) is 9.90. The van der Waals surface area contributed by atoms with E-state index in [-0.39, 0.29) is 23.8 Å². The van der Waals surface area contributed by atoms with Gasteiger partial charge in [0.05, 0.1) is 5.56 Å². The summed E-state index contributed by atoms with van der Waals surface area (Å²) in [5.41, 5.74) is 0.113. The Kier molecular flexibility index (Phi) is 4.08. The number of halogens is 3. The van der Waals surface area contributed by atoms with E-state index in [1.54, 1.807) is 6.92 Å². The zero-order valence-electron chi connectivity index (χ0n) is 11.1. The monoisotopic (exact) mass is 292 g/mol. The molecule has 1 aromatic heterocycles. The average molecular weight is 292 g/mol. The Bertz CT molecular complexity index is 689. The maximum atomic E-state index is 12.9. The lowest BCUT2D eigenvalue weighted by molar-refractivity contribution is -0.138. The summed E-state index contributed by atoms with van der Waals surface area (Å²) >= 11 is 0. The summed E-state index contributed by atoms with van der Waals surface area (Å²) in [4.78, 5) is 7.93. The highest BCUT2D eigenvalue weighted by Gasteiger charge is 2.32. The number of nitriles is 1. The third-order valence-corrected chi connectivity index (χ3v) is 2.73. The van der Waals surface area contributed by atoms with E-state index in [9.17, 15) is 13.2 Å². The summed E-state index contributed by atoms with van der Waals surface area (Å²) in [6.07, 6.45) is -4.41. The van der Waals surface area contributed by atoms with Crippen LogP contribution in [0.5, 0.6) is 0 Å². The maximum Gasteiger partial charge on any atom is 0.416 e. The number of nitrogens with zero attached hydrogens (tertiary/aromatic N) is 3. The van der Waals surface area contributed by atoms with Gasteiger partial charge in [-0.25, -0.2) is 9.97 Å². The number of anilines is 1. The Morgan fingerprint density at radius 1 is 1.24 bits per heavy atom. The van der Waals surface area contributed by atoms with Gasteiger partial charge in [-0.15, -0.1) is 0 Å². The lowest BCUT2D eigenvalue weighted by Crippen LogP contribution is -2.13. The van der Waals surface area contributed by atoms with Gasteiger partial charge in [0.1, 0.15) is 11.8 Å². The van der Waals surface area contributed by atoms with Crippen molar-refractivity contribution in [1.29, 1.82) is 5.26 Å². The molecule has 0 spiro atoms. The minimum absolute atomic E-state index is 0.0794. The minimum Gasteiger partial charge on any atom is -0.350 e. The van der Waals surface area contributed by atoms with E-state index >= 15 is 0 Å². The van der Waals surface area contributed by atoms with Gasteiger partial charge >= 0.3 is 6.18 Å². The molecule has 108 valence electrons. The molecule has 0 amide bonds. The molecule has 2 rings (SSSR count). The van der Waals surface area contributed by atoms with Gasteiger partial charge in [-0.05, 0) is 24.6 Å². The summed E-state index contributed by atoms with van der Waals surface area (Å²) in [6, 6.07) is 8.64. The van der Waals surface area contributed by atoms with E-state index < -0.39 is 11.7 Å². The fourth-order valence-electron chi connectivity index (χ4n) is 1.83. The van der Waals surface area contributed by atoms with Crippen LogP contribution in [0.15, 0.2) is 30.3 Å². The summed E-state index contributed by atoms with van der Waals surface area (Å²) in [6.45, 7) is 1.60. The fraction of sp³-hybridized carbons (Fsp3) is 0.214. The highest BCUT2D eigenvalue weighted by molar-refractivity contribution is 5.36. The molecular weight excluding hydrogens is 281 g/mol. The smallest absolute Gasteiger partial charge is 0.350 e. The maximum absolute atomic E-state index is 12.9. The highest BCUT2D eigenvalue weighted by atomic mass is 19.4. The Morgan fingerprint density at radius 2 is 1.95 bits per heavy atom. The third kappa shape index (κ3) is 3.69. The number of alkyl halides is 3. The van der Waals surface area contributed by atoms with Crippen LogP contribution in [-0.2, 0) is 12.7 Å². The van der Waals surface area contributed by atoms with Crippen LogP contribution >= 0.6 is 0 Å². The largest absolute Gasteiger partial charge is 0.416 e. The predicted molar refractivity (Wildman–Crippen MR) is 70.3 cm³/mol. The Hall–Kier alpha value is -2.62. The molecular formula is C14H11F3N4. The van der Waals surface area contributed by atoms with Gasteiger partial charge < -0.3 is 5.32 Å². The molecule has 1 aromatic carbocycles. The SMILES string of the molecule is Cc1cc(C#N)nc(NCc2ccccc2C(F)(F)F)n1. The van der Waals surface area contributed by atoms with Crippen LogP contribution < -0.4 is 5.32 Å². The molecule has 0 aliphatic carbocycles. The van der Waals surface area contributed by atoms with Crippen molar-refractivity contribution in [1.82, 2.24) is 9.97 Å². The summed E-state index contributed by atoms with van der Waals surface area (Å²) in [5, 5.41) is 11.5. The van der Waals surface area contributed by atoms with Crippen LogP contribution in [0.1, 0.15) is 22.5 Å². The van der Waals surface area contributed by atoms with Crippen LogP contribution in [0, 0.1) is 18.3 Å². The zero-order chi connectivity index (χ0) is 15.5. The number of rotatable bonds is 3. The van der Waals surface area contributed by atoms with Gasteiger partial charge in [0.2, 0.25) is 5.95 Å². The van der Waals surface area contributed by atoms with E-state index in [4.69, 9.17) is 5.26 Å². The molecule has 1 heterocycles. The molecule has 0 atom stereocenters. The van der Waals surface area contributed by atoms with Crippen molar-refractivity contribution in [3.05, 3.63) is 52.8 Å². The van der Waals surface area contributed by atoms with Crippen molar-refractivity contribution in [2.75, 3.05) is 5.32 Å². The Morgan fingerprint density at radius 3 is 2.62 bits per heavy atom. The molecule has 0 saturated carbocycles. The van der Waals surface area contributed by atoms with Gasteiger partial charge in [-0.1, -0.05) is 18.2 Å². The first kappa shape index (κ1) is 14.8. The quantitative estimate of drug-likeness (QED) is 0.943. The molecule has 0 fully saturated rings. The molecule has 21 heavy (non-hydrogen) atoms. The summed E-state index contributed by atoms with van der Waals surface area (Å²) in [7, 11) is 0.